The number of halogens is 1. The minimum Gasteiger partial charge on any atom is -0.379 e. The van der Waals surface area contributed by atoms with E-state index >= 15 is 0 Å². The van der Waals surface area contributed by atoms with Crippen molar-refractivity contribution in [1.29, 1.82) is 0 Å². The lowest BCUT2D eigenvalue weighted by Gasteiger charge is -2.34. The average molecular weight is 280 g/mol. The Morgan fingerprint density at radius 2 is 2.25 bits per heavy atom. The minimum absolute atomic E-state index is 0.0799. The van der Waals surface area contributed by atoms with E-state index in [4.69, 9.17) is 4.74 Å². The first-order valence-corrected chi connectivity index (χ1v) is 7.52. The molecule has 3 nitrogen and oxygen atoms in total. The van der Waals surface area contributed by atoms with E-state index in [1.165, 1.54) is 6.07 Å². The molecule has 0 spiro atoms. The largest absolute Gasteiger partial charge is 0.379 e. The van der Waals surface area contributed by atoms with Crippen LogP contribution < -0.4 is 5.32 Å². The second-order valence-electron chi connectivity index (χ2n) is 5.38. The van der Waals surface area contributed by atoms with Crippen molar-refractivity contribution in [2.24, 2.45) is 0 Å². The Morgan fingerprint density at radius 1 is 1.45 bits per heavy atom. The highest BCUT2D eigenvalue weighted by Crippen LogP contribution is 2.21. The molecule has 2 atom stereocenters. The zero-order valence-electron chi connectivity index (χ0n) is 12.4. The van der Waals surface area contributed by atoms with Gasteiger partial charge in [0.25, 0.3) is 0 Å². The van der Waals surface area contributed by atoms with Crippen molar-refractivity contribution >= 4 is 0 Å². The zero-order chi connectivity index (χ0) is 14.4. The summed E-state index contributed by atoms with van der Waals surface area (Å²) in [5.74, 6) is -0.117. The topological polar surface area (TPSA) is 24.5 Å². The molecule has 1 heterocycles. The first-order chi connectivity index (χ1) is 9.72. The highest BCUT2D eigenvalue weighted by atomic mass is 19.1. The fourth-order valence-corrected chi connectivity index (χ4v) is 2.76. The van der Waals surface area contributed by atoms with Gasteiger partial charge in [0, 0.05) is 30.7 Å². The van der Waals surface area contributed by atoms with Gasteiger partial charge in [-0.3, -0.25) is 4.90 Å². The number of hydrogen-bond donors (Lipinski definition) is 1. The molecular formula is C16H25FN2O. The van der Waals surface area contributed by atoms with Crippen LogP contribution in [0.2, 0.25) is 0 Å². The van der Waals surface area contributed by atoms with Gasteiger partial charge in [0.2, 0.25) is 0 Å². The number of morpholine rings is 1. The van der Waals surface area contributed by atoms with Crippen LogP contribution in [0.4, 0.5) is 4.39 Å². The van der Waals surface area contributed by atoms with Crippen molar-refractivity contribution in [3.8, 4) is 0 Å². The van der Waals surface area contributed by atoms with Gasteiger partial charge < -0.3 is 10.1 Å². The zero-order valence-corrected chi connectivity index (χ0v) is 12.4. The average Bonchev–Trinajstić information content (AvgIpc) is 2.46. The van der Waals surface area contributed by atoms with Crippen LogP contribution in [0.5, 0.6) is 0 Å². The molecule has 0 aliphatic carbocycles. The Morgan fingerprint density at radius 3 is 2.95 bits per heavy atom. The summed E-state index contributed by atoms with van der Waals surface area (Å²) in [6, 6.07) is 7.59. The second-order valence-corrected chi connectivity index (χ2v) is 5.38. The highest BCUT2D eigenvalue weighted by molar-refractivity contribution is 5.21. The summed E-state index contributed by atoms with van der Waals surface area (Å²) in [7, 11) is 0. The molecule has 112 valence electrons. The molecule has 1 aliphatic rings. The summed E-state index contributed by atoms with van der Waals surface area (Å²) in [5, 5.41) is 3.40. The van der Waals surface area contributed by atoms with Gasteiger partial charge in [0.1, 0.15) is 5.82 Å². The molecule has 4 heteroatoms. The molecule has 1 fully saturated rings. The van der Waals surface area contributed by atoms with E-state index in [0.29, 0.717) is 6.04 Å². The van der Waals surface area contributed by atoms with Crippen LogP contribution in [-0.2, 0) is 4.74 Å². The normalized spacial score (nSPS) is 21.9. The quantitative estimate of drug-likeness (QED) is 0.867. The molecule has 1 saturated heterocycles. The molecule has 20 heavy (non-hydrogen) atoms. The lowest BCUT2D eigenvalue weighted by molar-refractivity contribution is -0.00184. The number of nitrogens with zero attached hydrogens (tertiary/aromatic N) is 1. The van der Waals surface area contributed by atoms with Crippen LogP contribution in [-0.4, -0.2) is 43.8 Å². The van der Waals surface area contributed by atoms with Gasteiger partial charge in [-0.25, -0.2) is 4.39 Å². The van der Waals surface area contributed by atoms with Gasteiger partial charge in [-0.05, 0) is 26.0 Å². The SMILES string of the molecule is CCNC(CCN1CCOCC1C)c1ccccc1F. The molecule has 0 amide bonds. The van der Waals surface area contributed by atoms with Crippen molar-refractivity contribution in [3.63, 3.8) is 0 Å². The predicted molar refractivity (Wildman–Crippen MR) is 79.3 cm³/mol. The van der Waals surface area contributed by atoms with Gasteiger partial charge in [0.15, 0.2) is 0 Å². The third-order valence-electron chi connectivity index (χ3n) is 3.94. The molecule has 0 saturated carbocycles. The Labute approximate surface area is 121 Å². The van der Waals surface area contributed by atoms with Crippen LogP contribution in [0.15, 0.2) is 24.3 Å². The maximum absolute atomic E-state index is 13.9. The Bertz CT molecular complexity index is 413. The predicted octanol–water partition coefficient (Wildman–Crippen LogP) is 2.59. The van der Waals surface area contributed by atoms with Crippen molar-refractivity contribution < 1.29 is 9.13 Å². The molecule has 1 aromatic rings. The second kappa shape index (κ2) is 7.72. The van der Waals surface area contributed by atoms with Gasteiger partial charge in [-0.2, -0.15) is 0 Å². The maximum atomic E-state index is 13.9. The molecule has 0 aromatic heterocycles. The molecule has 1 aliphatic heterocycles. The summed E-state index contributed by atoms with van der Waals surface area (Å²) >= 11 is 0. The van der Waals surface area contributed by atoms with E-state index in [2.05, 4.69) is 24.1 Å². The third kappa shape index (κ3) is 4.01. The standard InChI is InChI=1S/C16H25FN2O/c1-3-18-16(14-6-4-5-7-15(14)17)8-9-19-10-11-20-12-13(19)2/h4-7,13,16,18H,3,8-12H2,1-2H3. The molecule has 0 radical (unpaired) electrons. The molecule has 2 unspecified atom stereocenters. The summed E-state index contributed by atoms with van der Waals surface area (Å²) < 4.78 is 19.4. The summed E-state index contributed by atoms with van der Waals surface area (Å²) in [4.78, 5) is 2.43. The van der Waals surface area contributed by atoms with E-state index in [1.54, 1.807) is 6.07 Å². The lowest BCUT2D eigenvalue weighted by atomic mass is 10.0. The molecule has 2 rings (SSSR count). The number of nitrogens with one attached hydrogen (secondary N) is 1. The summed E-state index contributed by atoms with van der Waals surface area (Å²) in [5.41, 5.74) is 0.773. The number of benzene rings is 1. The van der Waals surface area contributed by atoms with E-state index in [1.807, 2.05) is 12.1 Å². The Kier molecular flexibility index (Phi) is 5.95. The fourth-order valence-electron chi connectivity index (χ4n) is 2.76. The van der Waals surface area contributed by atoms with Crippen LogP contribution >= 0.6 is 0 Å². The highest BCUT2D eigenvalue weighted by Gasteiger charge is 2.21. The van der Waals surface area contributed by atoms with Gasteiger partial charge in [-0.15, -0.1) is 0 Å². The number of ether oxygens (including phenoxy) is 1. The summed E-state index contributed by atoms with van der Waals surface area (Å²) in [6.45, 7) is 8.63. The van der Waals surface area contributed by atoms with E-state index in [-0.39, 0.29) is 11.9 Å². The van der Waals surface area contributed by atoms with Gasteiger partial charge in [0.05, 0.1) is 13.2 Å². The fraction of sp³-hybridized carbons (Fsp3) is 0.625. The Hall–Kier alpha value is -0.970. The molecular weight excluding hydrogens is 255 g/mol. The van der Waals surface area contributed by atoms with Crippen molar-refractivity contribution in [2.75, 3.05) is 32.8 Å². The van der Waals surface area contributed by atoms with E-state index in [0.717, 1.165) is 44.8 Å². The maximum Gasteiger partial charge on any atom is 0.127 e. The van der Waals surface area contributed by atoms with Gasteiger partial charge in [-0.1, -0.05) is 25.1 Å². The van der Waals surface area contributed by atoms with Crippen molar-refractivity contribution in [2.45, 2.75) is 32.4 Å². The minimum atomic E-state index is -0.117. The van der Waals surface area contributed by atoms with Crippen LogP contribution in [0.1, 0.15) is 31.9 Å². The monoisotopic (exact) mass is 280 g/mol. The number of hydrogen-bond acceptors (Lipinski definition) is 3. The molecule has 1 N–H and O–H groups in total. The van der Waals surface area contributed by atoms with Crippen molar-refractivity contribution in [1.82, 2.24) is 10.2 Å². The third-order valence-corrected chi connectivity index (χ3v) is 3.94. The first-order valence-electron chi connectivity index (χ1n) is 7.52. The number of rotatable bonds is 6. The molecule has 0 bridgehead atoms. The first kappa shape index (κ1) is 15.4. The summed E-state index contributed by atoms with van der Waals surface area (Å²) in [6.07, 6.45) is 0.916. The van der Waals surface area contributed by atoms with E-state index in [9.17, 15) is 4.39 Å². The van der Waals surface area contributed by atoms with Crippen LogP contribution in [0.25, 0.3) is 0 Å². The van der Waals surface area contributed by atoms with Crippen LogP contribution in [0, 0.1) is 5.82 Å². The Balaban J connectivity index is 1.97. The van der Waals surface area contributed by atoms with E-state index < -0.39 is 0 Å². The lowest BCUT2D eigenvalue weighted by Crippen LogP contribution is -2.44. The van der Waals surface area contributed by atoms with Crippen LogP contribution in [0.3, 0.4) is 0 Å². The van der Waals surface area contributed by atoms with Crippen molar-refractivity contribution in [3.05, 3.63) is 35.6 Å². The smallest absolute Gasteiger partial charge is 0.127 e. The molecule has 1 aromatic carbocycles. The van der Waals surface area contributed by atoms with Gasteiger partial charge >= 0.3 is 0 Å².